The second-order valence-corrected chi connectivity index (χ2v) is 5.95. The van der Waals surface area contributed by atoms with Crippen molar-refractivity contribution in [3.8, 4) is 11.5 Å². The first-order valence-electron chi connectivity index (χ1n) is 8.21. The second kappa shape index (κ2) is 6.84. The number of halogens is 3. The third-order valence-corrected chi connectivity index (χ3v) is 4.29. The van der Waals surface area contributed by atoms with Crippen molar-refractivity contribution in [2.24, 2.45) is 0 Å². The van der Waals surface area contributed by atoms with Crippen molar-refractivity contribution in [1.29, 1.82) is 0 Å². The molecule has 3 aromatic carbocycles. The maximum Gasteiger partial charge on any atom is 0.345 e. The van der Waals surface area contributed by atoms with Crippen LogP contribution in [0.15, 0.2) is 54.6 Å². The Hall–Kier alpha value is -3.61. The average Bonchev–Trinajstić information content (AvgIpc) is 2.71. The summed E-state index contributed by atoms with van der Waals surface area (Å²) in [6, 6.07) is 13.4. The SMILES string of the molecule is COc1ccc2nc3ccccc3c(C(=O)Oc3ccc(F)c(F)c3F)c2c1. The minimum Gasteiger partial charge on any atom is -0.497 e. The van der Waals surface area contributed by atoms with Crippen LogP contribution in [0, 0.1) is 17.5 Å². The molecule has 0 saturated heterocycles. The molecule has 0 unspecified atom stereocenters. The highest BCUT2D eigenvalue weighted by Crippen LogP contribution is 2.31. The molecule has 0 fully saturated rings. The van der Waals surface area contributed by atoms with Gasteiger partial charge in [0.1, 0.15) is 5.75 Å². The van der Waals surface area contributed by atoms with Gasteiger partial charge in [-0.2, -0.15) is 4.39 Å². The Kier molecular flexibility index (Phi) is 4.35. The van der Waals surface area contributed by atoms with Gasteiger partial charge >= 0.3 is 5.97 Å². The number of aromatic nitrogens is 1. The van der Waals surface area contributed by atoms with Crippen LogP contribution in [0.5, 0.6) is 11.5 Å². The molecule has 0 aliphatic rings. The van der Waals surface area contributed by atoms with Gasteiger partial charge in [0.25, 0.3) is 0 Å². The van der Waals surface area contributed by atoms with Gasteiger partial charge in [-0.1, -0.05) is 18.2 Å². The van der Waals surface area contributed by atoms with Crippen LogP contribution < -0.4 is 9.47 Å². The van der Waals surface area contributed by atoms with Crippen molar-refractivity contribution in [3.05, 3.63) is 77.6 Å². The topological polar surface area (TPSA) is 48.4 Å². The highest BCUT2D eigenvalue weighted by Gasteiger charge is 2.22. The Balaban J connectivity index is 1.92. The molecule has 0 N–H and O–H groups in total. The summed E-state index contributed by atoms with van der Waals surface area (Å²) < 4.78 is 50.9. The van der Waals surface area contributed by atoms with Gasteiger partial charge in [0.2, 0.25) is 5.82 Å². The number of hydrogen-bond donors (Lipinski definition) is 0. The Labute approximate surface area is 157 Å². The fourth-order valence-corrected chi connectivity index (χ4v) is 2.96. The molecule has 0 saturated carbocycles. The Morgan fingerprint density at radius 3 is 2.43 bits per heavy atom. The number of hydrogen-bond acceptors (Lipinski definition) is 4. The number of carbonyl (C=O) groups excluding carboxylic acids is 1. The number of nitrogens with zero attached hydrogens (tertiary/aromatic N) is 1. The molecule has 0 bridgehead atoms. The van der Waals surface area contributed by atoms with Gasteiger partial charge in [0.05, 0.1) is 23.7 Å². The van der Waals surface area contributed by atoms with Crippen molar-refractivity contribution in [1.82, 2.24) is 4.98 Å². The van der Waals surface area contributed by atoms with E-state index >= 15 is 0 Å². The number of esters is 1. The van der Waals surface area contributed by atoms with Gasteiger partial charge in [-0.15, -0.1) is 0 Å². The standard InChI is InChI=1S/C21H12F3NO3/c1-27-11-6-8-16-13(10-11)18(12-4-2-3-5-15(12)25-16)21(26)28-17-9-7-14(22)19(23)20(17)24/h2-10H,1H3. The second-order valence-electron chi connectivity index (χ2n) is 5.95. The zero-order valence-electron chi connectivity index (χ0n) is 14.5. The molecule has 1 aromatic heterocycles. The molecule has 4 nitrogen and oxygen atoms in total. The Morgan fingerprint density at radius 1 is 0.893 bits per heavy atom. The van der Waals surface area contributed by atoms with Gasteiger partial charge in [-0.3, -0.25) is 0 Å². The lowest BCUT2D eigenvalue weighted by Gasteiger charge is -2.12. The van der Waals surface area contributed by atoms with E-state index in [-0.39, 0.29) is 5.56 Å². The predicted octanol–water partition coefficient (Wildman–Crippen LogP) is 5.03. The molecular weight excluding hydrogens is 371 g/mol. The van der Waals surface area contributed by atoms with Crippen LogP contribution in [0.4, 0.5) is 13.2 Å². The number of carbonyl (C=O) groups is 1. The van der Waals surface area contributed by atoms with Crippen LogP contribution in [-0.4, -0.2) is 18.1 Å². The van der Waals surface area contributed by atoms with Crippen molar-refractivity contribution < 1.29 is 27.4 Å². The summed E-state index contributed by atoms with van der Waals surface area (Å²) in [5.41, 5.74) is 1.14. The number of methoxy groups -OCH3 is 1. The molecule has 4 rings (SSSR count). The first-order chi connectivity index (χ1) is 13.5. The Morgan fingerprint density at radius 2 is 1.64 bits per heavy atom. The van der Waals surface area contributed by atoms with E-state index in [0.29, 0.717) is 33.6 Å². The van der Waals surface area contributed by atoms with E-state index in [2.05, 4.69) is 4.98 Å². The smallest absolute Gasteiger partial charge is 0.345 e. The van der Waals surface area contributed by atoms with Crippen LogP contribution in [0.1, 0.15) is 10.4 Å². The number of pyridine rings is 1. The van der Waals surface area contributed by atoms with E-state index in [9.17, 15) is 18.0 Å². The molecule has 1 heterocycles. The van der Waals surface area contributed by atoms with E-state index in [1.807, 2.05) is 0 Å². The number of fused-ring (bicyclic) bond motifs is 2. The van der Waals surface area contributed by atoms with Gasteiger partial charge < -0.3 is 9.47 Å². The highest BCUT2D eigenvalue weighted by atomic mass is 19.2. The summed E-state index contributed by atoms with van der Waals surface area (Å²) in [7, 11) is 1.48. The highest BCUT2D eigenvalue weighted by molar-refractivity contribution is 6.15. The molecule has 0 aliphatic heterocycles. The lowest BCUT2D eigenvalue weighted by molar-refractivity contribution is 0.0730. The summed E-state index contributed by atoms with van der Waals surface area (Å²) in [6.45, 7) is 0. The number of benzene rings is 3. The normalized spacial score (nSPS) is 11.0. The van der Waals surface area contributed by atoms with Gasteiger partial charge in [0.15, 0.2) is 17.4 Å². The molecular formula is C21H12F3NO3. The van der Waals surface area contributed by atoms with E-state index < -0.39 is 29.2 Å². The molecule has 0 amide bonds. The molecule has 0 spiro atoms. The number of ether oxygens (including phenoxy) is 2. The van der Waals surface area contributed by atoms with Gasteiger partial charge in [-0.25, -0.2) is 18.6 Å². The fraction of sp³-hybridized carbons (Fsp3) is 0.0476. The van der Waals surface area contributed by atoms with Crippen molar-refractivity contribution in [2.45, 2.75) is 0 Å². The molecule has 140 valence electrons. The zero-order valence-corrected chi connectivity index (χ0v) is 14.5. The maximum atomic E-state index is 14.0. The van der Waals surface area contributed by atoms with E-state index in [1.165, 1.54) is 7.11 Å². The third-order valence-electron chi connectivity index (χ3n) is 4.29. The summed E-state index contributed by atoms with van der Waals surface area (Å²) in [6.07, 6.45) is 0. The fourth-order valence-electron chi connectivity index (χ4n) is 2.96. The van der Waals surface area contributed by atoms with E-state index in [1.54, 1.807) is 42.5 Å². The van der Waals surface area contributed by atoms with Crippen LogP contribution in [0.25, 0.3) is 21.8 Å². The first-order valence-corrected chi connectivity index (χ1v) is 8.21. The number of rotatable bonds is 3. The monoisotopic (exact) mass is 383 g/mol. The molecule has 0 aliphatic carbocycles. The molecule has 7 heteroatoms. The first kappa shape index (κ1) is 17.8. The van der Waals surface area contributed by atoms with Crippen molar-refractivity contribution in [2.75, 3.05) is 7.11 Å². The van der Waals surface area contributed by atoms with E-state index in [0.717, 1.165) is 6.07 Å². The van der Waals surface area contributed by atoms with Crippen LogP contribution in [0.2, 0.25) is 0 Å². The van der Waals surface area contributed by atoms with Crippen LogP contribution in [0.3, 0.4) is 0 Å². The number of para-hydroxylation sites is 1. The lowest BCUT2D eigenvalue weighted by Crippen LogP contribution is -2.12. The molecule has 28 heavy (non-hydrogen) atoms. The summed E-state index contributed by atoms with van der Waals surface area (Å²) >= 11 is 0. The summed E-state index contributed by atoms with van der Waals surface area (Å²) in [5, 5.41) is 0.891. The lowest BCUT2D eigenvalue weighted by atomic mass is 10.0. The molecule has 0 radical (unpaired) electrons. The van der Waals surface area contributed by atoms with Crippen molar-refractivity contribution >= 4 is 27.8 Å². The van der Waals surface area contributed by atoms with Crippen LogP contribution >= 0.6 is 0 Å². The predicted molar refractivity (Wildman–Crippen MR) is 97.1 cm³/mol. The van der Waals surface area contributed by atoms with Crippen molar-refractivity contribution in [3.63, 3.8) is 0 Å². The van der Waals surface area contributed by atoms with Crippen LogP contribution in [-0.2, 0) is 0 Å². The van der Waals surface area contributed by atoms with Gasteiger partial charge in [-0.05, 0) is 36.4 Å². The maximum absolute atomic E-state index is 14.0. The average molecular weight is 383 g/mol. The summed E-state index contributed by atoms with van der Waals surface area (Å²) in [5.74, 6) is -5.81. The quantitative estimate of drug-likeness (QED) is 0.215. The minimum absolute atomic E-state index is 0.114. The zero-order chi connectivity index (χ0) is 19.8. The Bertz CT molecular complexity index is 1240. The molecule has 0 atom stereocenters. The largest absolute Gasteiger partial charge is 0.497 e. The van der Waals surface area contributed by atoms with E-state index in [4.69, 9.17) is 9.47 Å². The van der Waals surface area contributed by atoms with Gasteiger partial charge in [0, 0.05) is 10.8 Å². The third kappa shape index (κ3) is 2.90. The summed E-state index contributed by atoms with van der Waals surface area (Å²) in [4.78, 5) is 17.4. The minimum atomic E-state index is -1.71. The molecule has 4 aromatic rings.